The third-order valence-corrected chi connectivity index (χ3v) is 5.32. The van der Waals surface area contributed by atoms with Crippen molar-refractivity contribution in [3.8, 4) is 5.75 Å². The largest absolute Gasteiger partial charge is 0.495 e. The first kappa shape index (κ1) is 21.6. The van der Waals surface area contributed by atoms with E-state index in [1.54, 1.807) is 26.2 Å². The van der Waals surface area contributed by atoms with Gasteiger partial charge in [0.25, 0.3) is 0 Å². The molecule has 30 heavy (non-hydrogen) atoms. The summed E-state index contributed by atoms with van der Waals surface area (Å²) in [5.41, 5.74) is 2.30. The van der Waals surface area contributed by atoms with E-state index in [4.69, 9.17) is 16.3 Å². The Bertz CT molecular complexity index is 952. The number of imide groups is 1. The van der Waals surface area contributed by atoms with E-state index in [1.165, 1.54) is 4.90 Å². The highest BCUT2D eigenvalue weighted by Crippen LogP contribution is 2.25. The number of hydrogen-bond donors (Lipinski definition) is 2. The van der Waals surface area contributed by atoms with Crippen LogP contribution < -0.4 is 15.4 Å². The van der Waals surface area contributed by atoms with Crippen LogP contribution in [0.25, 0.3) is 0 Å². The summed E-state index contributed by atoms with van der Waals surface area (Å²) in [6.45, 7) is 2.48. The van der Waals surface area contributed by atoms with E-state index >= 15 is 0 Å². The number of allylic oxidation sites excluding steroid dienone is 3. The predicted octanol–water partition coefficient (Wildman–Crippen LogP) is 2.47. The van der Waals surface area contributed by atoms with Crippen LogP contribution in [0.1, 0.15) is 25.3 Å². The molecule has 1 unspecified atom stereocenters. The number of nitrogens with one attached hydrogen (secondary N) is 2. The van der Waals surface area contributed by atoms with Crippen LogP contribution in [0.5, 0.6) is 5.75 Å². The third kappa shape index (κ3) is 5.10. The highest BCUT2D eigenvalue weighted by Gasteiger charge is 2.34. The summed E-state index contributed by atoms with van der Waals surface area (Å²) in [5.74, 6) is -0.358. The number of amides is 3. The average molecular weight is 430 g/mol. The number of methoxy groups -OCH3 is 1. The van der Waals surface area contributed by atoms with Crippen LogP contribution in [0.4, 0.5) is 0 Å². The molecule has 2 heterocycles. The van der Waals surface area contributed by atoms with Crippen LogP contribution in [0, 0.1) is 0 Å². The number of rotatable bonds is 5. The highest BCUT2D eigenvalue weighted by molar-refractivity contribution is 6.32. The predicted molar refractivity (Wildman–Crippen MR) is 114 cm³/mol. The minimum atomic E-state index is -0.672. The van der Waals surface area contributed by atoms with Crippen molar-refractivity contribution in [2.75, 3.05) is 13.7 Å². The number of carbonyl (C=O) groups excluding carboxylic acids is 3. The fourth-order valence-electron chi connectivity index (χ4n) is 3.34. The molecule has 1 aromatic carbocycles. The molecule has 0 saturated carbocycles. The lowest BCUT2D eigenvalue weighted by Gasteiger charge is -2.32. The topological polar surface area (TPSA) is 87.7 Å². The molecule has 0 aliphatic carbocycles. The number of ether oxygens (including phenoxy) is 1. The fraction of sp³-hybridized carbons (Fsp3) is 0.318. The zero-order valence-electron chi connectivity index (χ0n) is 16.9. The van der Waals surface area contributed by atoms with Crippen molar-refractivity contribution >= 4 is 29.3 Å². The van der Waals surface area contributed by atoms with Gasteiger partial charge in [-0.05, 0) is 43.2 Å². The van der Waals surface area contributed by atoms with Crippen molar-refractivity contribution in [3.05, 3.63) is 64.4 Å². The van der Waals surface area contributed by atoms with Gasteiger partial charge >= 0.3 is 0 Å². The van der Waals surface area contributed by atoms with Gasteiger partial charge in [-0.25, -0.2) is 0 Å². The Hall–Kier alpha value is -3.06. The Morgan fingerprint density at radius 2 is 2.10 bits per heavy atom. The number of hydrogen-bond acceptors (Lipinski definition) is 5. The van der Waals surface area contributed by atoms with Gasteiger partial charge in [-0.1, -0.05) is 29.8 Å². The number of piperidine rings is 1. The molecule has 0 radical (unpaired) electrons. The lowest BCUT2D eigenvalue weighted by molar-refractivity contribution is -0.143. The zero-order valence-corrected chi connectivity index (χ0v) is 17.7. The van der Waals surface area contributed by atoms with Crippen LogP contribution in [-0.2, 0) is 20.9 Å². The Morgan fingerprint density at radius 1 is 1.30 bits per heavy atom. The Labute approximate surface area is 180 Å². The first-order chi connectivity index (χ1) is 14.4. The maximum atomic E-state index is 12.8. The number of benzene rings is 1. The van der Waals surface area contributed by atoms with Gasteiger partial charge in [-0.3, -0.25) is 19.7 Å². The molecule has 1 fully saturated rings. The van der Waals surface area contributed by atoms with Gasteiger partial charge in [0.2, 0.25) is 17.7 Å². The van der Waals surface area contributed by atoms with Crippen LogP contribution in [-0.4, -0.2) is 42.3 Å². The van der Waals surface area contributed by atoms with E-state index in [9.17, 15) is 14.4 Å². The quantitative estimate of drug-likeness (QED) is 0.702. The molecule has 2 aliphatic heterocycles. The molecule has 0 spiro atoms. The van der Waals surface area contributed by atoms with Crippen molar-refractivity contribution in [1.29, 1.82) is 0 Å². The molecule has 2 N–H and O–H groups in total. The zero-order chi connectivity index (χ0) is 21.7. The van der Waals surface area contributed by atoms with Gasteiger partial charge in [0.1, 0.15) is 11.8 Å². The third-order valence-electron chi connectivity index (χ3n) is 5.03. The molecule has 3 rings (SSSR count). The van der Waals surface area contributed by atoms with Gasteiger partial charge in [-0.15, -0.1) is 0 Å². The number of halogens is 1. The molecule has 3 amide bonds. The molecule has 0 bridgehead atoms. The van der Waals surface area contributed by atoms with Crippen molar-refractivity contribution in [1.82, 2.24) is 15.5 Å². The number of carbonyl (C=O) groups is 3. The van der Waals surface area contributed by atoms with Gasteiger partial charge in [0.05, 0.1) is 12.1 Å². The molecule has 1 saturated heterocycles. The standard InChI is InChI=1S/C22H24ClN3O4/c1-14-4-3-5-16(24-13-15-6-8-19(30-2)17(23)12-15)10-11-26(22(14)29)18-7-9-20(27)25-21(18)28/h3-6,8,10,12,18,24H,7,9,11,13H2,1-2H3,(H,25,27,28)/b5-3?,14-4+,16-10?. The van der Waals surface area contributed by atoms with E-state index < -0.39 is 11.9 Å². The lowest BCUT2D eigenvalue weighted by atomic mass is 10.0. The summed E-state index contributed by atoms with van der Waals surface area (Å²) in [4.78, 5) is 38.1. The molecule has 158 valence electrons. The summed E-state index contributed by atoms with van der Waals surface area (Å²) in [7, 11) is 1.57. The van der Waals surface area contributed by atoms with E-state index in [2.05, 4.69) is 10.6 Å². The second-order valence-electron chi connectivity index (χ2n) is 7.12. The Balaban J connectivity index is 1.76. The maximum Gasteiger partial charge on any atom is 0.250 e. The van der Waals surface area contributed by atoms with Crippen molar-refractivity contribution in [2.45, 2.75) is 32.4 Å². The first-order valence-electron chi connectivity index (χ1n) is 9.65. The maximum absolute atomic E-state index is 12.8. The van der Waals surface area contributed by atoms with E-state index in [0.717, 1.165) is 11.3 Å². The van der Waals surface area contributed by atoms with Crippen LogP contribution in [0.2, 0.25) is 5.02 Å². The summed E-state index contributed by atoms with van der Waals surface area (Å²) < 4.78 is 5.17. The minimum absolute atomic E-state index is 0.217. The van der Waals surface area contributed by atoms with Crippen molar-refractivity contribution in [2.24, 2.45) is 0 Å². The molecule has 1 atom stereocenters. The van der Waals surface area contributed by atoms with Gasteiger partial charge in [0, 0.05) is 30.8 Å². The average Bonchev–Trinajstić information content (AvgIpc) is 2.78. The second-order valence-corrected chi connectivity index (χ2v) is 7.52. The monoisotopic (exact) mass is 429 g/mol. The molecule has 0 aromatic heterocycles. The molecule has 1 aromatic rings. The van der Waals surface area contributed by atoms with Crippen LogP contribution in [0.15, 0.2) is 53.8 Å². The van der Waals surface area contributed by atoms with Crippen LogP contribution in [0.3, 0.4) is 0 Å². The van der Waals surface area contributed by atoms with Gasteiger partial charge in [-0.2, -0.15) is 0 Å². The van der Waals surface area contributed by atoms with Crippen LogP contribution >= 0.6 is 11.6 Å². The highest BCUT2D eigenvalue weighted by atomic mass is 35.5. The molecule has 2 aliphatic rings. The normalized spacial score (nSPS) is 21.6. The fourth-order valence-corrected chi connectivity index (χ4v) is 3.63. The van der Waals surface area contributed by atoms with Crippen molar-refractivity contribution in [3.63, 3.8) is 0 Å². The molecule has 7 nitrogen and oxygen atoms in total. The smallest absolute Gasteiger partial charge is 0.250 e. The summed E-state index contributed by atoms with van der Waals surface area (Å²) in [6, 6.07) is 4.88. The summed E-state index contributed by atoms with van der Waals surface area (Å²) >= 11 is 6.19. The summed E-state index contributed by atoms with van der Waals surface area (Å²) in [5, 5.41) is 6.17. The number of nitrogens with zero attached hydrogens (tertiary/aromatic N) is 1. The van der Waals surface area contributed by atoms with Crippen molar-refractivity contribution < 1.29 is 19.1 Å². The lowest BCUT2D eigenvalue weighted by Crippen LogP contribution is -2.54. The molecular formula is C22H24ClN3O4. The first-order valence-corrected chi connectivity index (χ1v) is 10.0. The SMILES string of the molecule is COc1ccc(CNC2=CCN(C3CCC(=O)NC3=O)C(=O)/C(C)=C/C=C2)cc1Cl. The Morgan fingerprint density at radius 3 is 2.80 bits per heavy atom. The summed E-state index contributed by atoms with van der Waals surface area (Å²) in [6.07, 6.45) is 7.77. The van der Waals surface area contributed by atoms with E-state index in [1.807, 2.05) is 30.4 Å². The molecular weight excluding hydrogens is 406 g/mol. The van der Waals surface area contributed by atoms with E-state index in [-0.39, 0.29) is 24.8 Å². The second kappa shape index (κ2) is 9.63. The molecule has 8 heteroatoms. The Kier molecular flexibility index (Phi) is 6.95. The minimum Gasteiger partial charge on any atom is -0.495 e. The van der Waals surface area contributed by atoms with Gasteiger partial charge in [0.15, 0.2) is 0 Å². The van der Waals surface area contributed by atoms with E-state index in [0.29, 0.717) is 29.3 Å². The van der Waals surface area contributed by atoms with Gasteiger partial charge < -0.3 is 15.0 Å².